The highest BCUT2D eigenvalue weighted by molar-refractivity contribution is 5.94. The Morgan fingerprint density at radius 1 is 0.750 bits per heavy atom. The molecule has 0 amide bonds. The summed E-state index contributed by atoms with van der Waals surface area (Å²) in [6.45, 7) is 0. The van der Waals surface area contributed by atoms with Crippen LogP contribution in [-0.2, 0) is 0 Å². The van der Waals surface area contributed by atoms with Crippen molar-refractivity contribution >= 4 is 16.5 Å². The second-order valence-corrected chi connectivity index (χ2v) is 6.16. The zero-order valence-electron chi connectivity index (χ0n) is 13.7. The molecule has 2 aliphatic rings. The molecule has 1 N–H and O–H groups in total. The molecule has 2 aliphatic carbocycles. The molecule has 1 nitrogen and oxygen atoms in total. The van der Waals surface area contributed by atoms with Crippen molar-refractivity contribution in [1.29, 1.82) is 0 Å². The number of anilines is 1. The maximum absolute atomic E-state index is 3.69. The van der Waals surface area contributed by atoms with Gasteiger partial charge in [0.15, 0.2) is 0 Å². The molecule has 0 spiro atoms. The molecule has 118 valence electrons. The van der Waals surface area contributed by atoms with Crippen LogP contribution in [0.4, 0.5) is 5.69 Å². The molecule has 0 unspecified atom stereocenters. The topological polar surface area (TPSA) is 12.0 Å². The minimum absolute atomic E-state index is 0.987. The summed E-state index contributed by atoms with van der Waals surface area (Å²) in [5.74, 6) is 0. The average molecular weight is 311 g/mol. The van der Waals surface area contributed by atoms with Crippen molar-refractivity contribution in [1.82, 2.24) is 0 Å². The summed E-state index contributed by atoms with van der Waals surface area (Å²) in [4.78, 5) is 0. The Hall–Kier alpha value is -2.80. The Labute approximate surface area is 143 Å². The summed E-state index contributed by atoms with van der Waals surface area (Å²) in [5.41, 5.74) is 5.05. The fourth-order valence-corrected chi connectivity index (χ4v) is 3.32. The van der Waals surface area contributed by atoms with Gasteiger partial charge in [-0.25, -0.2) is 0 Å². The standard InChI is InChI=1S/C23H21N/c1-2-4-14-20-18(10-3-1)12-6-8-16-22(20)24-23-17-9-13-19-11-5-7-15-21(19)23/h1,3-5,7-9,11-17,24H,2,6,10H2/b3-1-,14-4-. The van der Waals surface area contributed by atoms with Gasteiger partial charge in [0.1, 0.15) is 0 Å². The molecule has 0 bridgehead atoms. The van der Waals surface area contributed by atoms with Gasteiger partial charge in [-0.1, -0.05) is 72.9 Å². The van der Waals surface area contributed by atoms with Gasteiger partial charge in [0, 0.05) is 22.3 Å². The van der Waals surface area contributed by atoms with E-state index in [2.05, 4.69) is 90.3 Å². The lowest BCUT2D eigenvalue weighted by atomic mass is 9.97. The summed E-state index contributed by atoms with van der Waals surface area (Å²) in [6.07, 6.45) is 18.8. The van der Waals surface area contributed by atoms with Crippen LogP contribution in [0.5, 0.6) is 0 Å². The monoisotopic (exact) mass is 311 g/mol. The van der Waals surface area contributed by atoms with Crippen LogP contribution in [0, 0.1) is 0 Å². The van der Waals surface area contributed by atoms with Crippen molar-refractivity contribution in [3.63, 3.8) is 0 Å². The van der Waals surface area contributed by atoms with Crippen LogP contribution in [0.1, 0.15) is 19.3 Å². The SMILES string of the molecule is C1=CC(Nc2cccc3ccccc23)=C2/C=C\C/C=C\CC2=CC1. The first-order chi connectivity index (χ1) is 11.9. The van der Waals surface area contributed by atoms with Crippen molar-refractivity contribution in [3.05, 3.63) is 102 Å². The van der Waals surface area contributed by atoms with E-state index in [1.54, 1.807) is 0 Å². The highest BCUT2D eigenvalue weighted by Crippen LogP contribution is 2.30. The molecule has 0 fully saturated rings. The quantitative estimate of drug-likeness (QED) is 0.642. The van der Waals surface area contributed by atoms with E-state index in [9.17, 15) is 0 Å². The first-order valence-corrected chi connectivity index (χ1v) is 8.58. The van der Waals surface area contributed by atoms with E-state index >= 15 is 0 Å². The summed E-state index contributed by atoms with van der Waals surface area (Å²) >= 11 is 0. The molecule has 0 aromatic heterocycles. The predicted octanol–water partition coefficient (Wildman–Crippen LogP) is 6.30. The lowest BCUT2D eigenvalue weighted by Crippen LogP contribution is -2.03. The van der Waals surface area contributed by atoms with E-state index in [0.717, 1.165) is 24.9 Å². The molecule has 0 radical (unpaired) electrons. The second kappa shape index (κ2) is 6.76. The van der Waals surface area contributed by atoms with E-state index in [-0.39, 0.29) is 0 Å². The number of nitrogens with one attached hydrogen (secondary N) is 1. The minimum Gasteiger partial charge on any atom is -0.355 e. The molecule has 2 aromatic carbocycles. The van der Waals surface area contributed by atoms with Gasteiger partial charge < -0.3 is 5.32 Å². The number of benzene rings is 2. The van der Waals surface area contributed by atoms with Gasteiger partial charge in [-0.2, -0.15) is 0 Å². The molecule has 0 saturated carbocycles. The molecule has 0 aliphatic heterocycles. The third-order valence-electron chi connectivity index (χ3n) is 4.54. The van der Waals surface area contributed by atoms with Crippen LogP contribution >= 0.6 is 0 Å². The van der Waals surface area contributed by atoms with Crippen molar-refractivity contribution in [3.8, 4) is 0 Å². The van der Waals surface area contributed by atoms with Crippen molar-refractivity contribution in [2.75, 3.05) is 5.32 Å². The maximum Gasteiger partial charge on any atom is 0.0464 e. The normalized spacial score (nSPS) is 19.8. The Balaban J connectivity index is 1.80. The van der Waals surface area contributed by atoms with Crippen LogP contribution in [0.25, 0.3) is 10.8 Å². The first-order valence-electron chi connectivity index (χ1n) is 8.58. The number of fused-ring (bicyclic) bond motifs is 2. The highest BCUT2D eigenvalue weighted by Gasteiger charge is 2.11. The number of hydrogen-bond acceptors (Lipinski definition) is 1. The zero-order valence-corrected chi connectivity index (χ0v) is 13.7. The molecule has 0 atom stereocenters. The van der Waals surface area contributed by atoms with E-state index in [1.165, 1.54) is 27.6 Å². The molecule has 24 heavy (non-hydrogen) atoms. The van der Waals surface area contributed by atoms with Crippen molar-refractivity contribution in [2.24, 2.45) is 0 Å². The third-order valence-corrected chi connectivity index (χ3v) is 4.54. The maximum atomic E-state index is 3.69. The number of allylic oxidation sites excluding steroid dienone is 9. The second-order valence-electron chi connectivity index (χ2n) is 6.16. The van der Waals surface area contributed by atoms with Crippen LogP contribution in [0.3, 0.4) is 0 Å². The van der Waals surface area contributed by atoms with Crippen LogP contribution in [0.2, 0.25) is 0 Å². The van der Waals surface area contributed by atoms with Gasteiger partial charge in [-0.15, -0.1) is 0 Å². The molecule has 1 heteroatoms. The Bertz CT molecular complexity index is 901. The van der Waals surface area contributed by atoms with Crippen LogP contribution in [-0.4, -0.2) is 0 Å². The minimum atomic E-state index is 0.987. The molecule has 2 aromatic rings. The lowest BCUT2D eigenvalue weighted by Gasteiger charge is -2.16. The fourth-order valence-electron chi connectivity index (χ4n) is 3.32. The highest BCUT2D eigenvalue weighted by atomic mass is 14.9. The molecular weight excluding hydrogens is 290 g/mol. The Kier molecular flexibility index (Phi) is 4.16. The first kappa shape index (κ1) is 14.8. The van der Waals surface area contributed by atoms with Gasteiger partial charge in [0.05, 0.1) is 0 Å². The third kappa shape index (κ3) is 2.98. The average Bonchev–Trinajstić information content (AvgIpc) is 2.77. The van der Waals surface area contributed by atoms with E-state index in [0.29, 0.717) is 0 Å². The van der Waals surface area contributed by atoms with Gasteiger partial charge in [0.2, 0.25) is 0 Å². The van der Waals surface area contributed by atoms with E-state index < -0.39 is 0 Å². The molecular formula is C23H21N. The van der Waals surface area contributed by atoms with Crippen molar-refractivity contribution < 1.29 is 0 Å². The van der Waals surface area contributed by atoms with Crippen LogP contribution in [0.15, 0.2) is 102 Å². The number of rotatable bonds is 2. The van der Waals surface area contributed by atoms with Gasteiger partial charge in [-0.05, 0) is 42.4 Å². The van der Waals surface area contributed by atoms with E-state index in [1.807, 2.05) is 0 Å². The largest absolute Gasteiger partial charge is 0.355 e. The van der Waals surface area contributed by atoms with E-state index in [4.69, 9.17) is 0 Å². The van der Waals surface area contributed by atoms with Crippen molar-refractivity contribution in [2.45, 2.75) is 19.3 Å². The number of hydrogen-bond donors (Lipinski definition) is 1. The summed E-state index contributed by atoms with van der Waals surface area (Å²) in [6, 6.07) is 15.0. The van der Waals surface area contributed by atoms with Gasteiger partial charge in [0.25, 0.3) is 0 Å². The molecule has 4 rings (SSSR count). The molecule has 0 saturated heterocycles. The Morgan fingerprint density at radius 3 is 2.62 bits per heavy atom. The summed E-state index contributed by atoms with van der Waals surface area (Å²) in [7, 11) is 0. The summed E-state index contributed by atoms with van der Waals surface area (Å²) < 4.78 is 0. The zero-order chi connectivity index (χ0) is 16.2. The smallest absolute Gasteiger partial charge is 0.0464 e. The molecule has 0 heterocycles. The van der Waals surface area contributed by atoms with Gasteiger partial charge in [-0.3, -0.25) is 0 Å². The van der Waals surface area contributed by atoms with Gasteiger partial charge >= 0.3 is 0 Å². The Morgan fingerprint density at radius 2 is 1.62 bits per heavy atom. The fraction of sp³-hybridized carbons (Fsp3) is 0.130. The lowest BCUT2D eigenvalue weighted by molar-refractivity contribution is 1.16. The summed E-state index contributed by atoms with van der Waals surface area (Å²) in [5, 5.41) is 6.21. The van der Waals surface area contributed by atoms with Crippen LogP contribution < -0.4 is 5.32 Å². The predicted molar refractivity (Wildman–Crippen MR) is 104 cm³/mol.